The lowest BCUT2D eigenvalue weighted by atomic mass is 10.2. The molecule has 2 heterocycles. The maximum absolute atomic E-state index is 4.28. The van der Waals surface area contributed by atoms with Crippen LogP contribution in [0.2, 0.25) is 0 Å². The highest BCUT2D eigenvalue weighted by Crippen LogP contribution is 2.14. The predicted molar refractivity (Wildman–Crippen MR) is 54.5 cm³/mol. The molecule has 3 heteroatoms. The van der Waals surface area contributed by atoms with Crippen LogP contribution >= 0.6 is 0 Å². The van der Waals surface area contributed by atoms with E-state index >= 15 is 0 Å². The van der Waals surface area contributed by atoms with Crippen molar-refractivity contribution in [2.75, 3.05) is 0 Å². The zero-order chi connectivity index (χ0) is 9.97. The summed E-state index contributed by atoms with van der Waals surface area (Å²) < 4.78 is 0. The molecule has 0 atom stereocenters. The largest absolute Gasteiger partial charge is 0.253 e. The molecule has 0 aliphatic carbocycles. The van der Waals surface area contributed by atoms with Crippen molar-refractivity contribution in [1.29, 1.82) is 0 Å². The van der Waals surface area contributed by atoms with Gasteiger partial charge in [-0.3, -0.25) is 4.98 Å². The first-order chi connectivity index (χ1) is 6.75. The average molecular weight is 184 g/mol. The Kier molecular flexibility index (Phi) is 2.23. The minimum absolute atomic E-state index is 0.753. The molecule has 2 aromatic heterocycles. The highest BCUT2D eigenvalue weighted by molar-refractivity contribution is 5.56. The summed E-state index contributed by atoms with van der Waals surface area (Å²) in [6, 6.07) is 5.70. The molecule has 0 saturated heterocycles. The van der Waals surface area contributed by atoms with Gasteiger partial charge in [-0.1, -0.05) is 6.07 Å². The zero-order valence-electron chi connectivity index (χ0n) is 7.94. The van der Waals surface area contributed by atoms with Crippen molar-refractivity contribution in [3.63, 3.8) is 0 Å². The summed E-state index contributed by atoms with van der Waals surface area (Å²) in [4.78, 5) is 12.5. The highest BCUT2D eigenvalue weighted by Gasteiger charge is 1.99. The summed E-state index contributed by atoms with van der Waals surface area (Å²) in [5, 5.41) is 0. The monoisotopic (exact) mass is 184 g/mol. The fourth-order valence-corrected chi connectivity index (χ4v) is 1.17. The molecular formula is C11H10N3. The first kappa shape index (κ1) is 8.81. The molecule has 2 aromatic rings. The third-order valence-corrected chi connectivity index (χ3v) is 1.88. The van der Waals surface area contributed by atoms with Crippen molar-refractivity contribution in [3.8, 4) is 11.3 Å². The lowest BCUT2D eigenvalue weighted by Crippen LogP contribution is -1.90. The van der Waals surface area contributed by atoms with E-state index in [9.17, 15) is 0 Å². The van der Waals surface area contributed by atoms with Crippen LogP contribution < -0.4 is 0 Å². The number of pyridine rings is 1. The van der Waals surface area contributed by atoms with Gasteiger partial charge in [0, 0.05) is 23.7 Å². The SMILES string of the molecule is [CH2]c1cccc(-c2cnc(C)nc2)n1. The number of aryl methyl sites for hydroxylation is 1. The summed E-state index contributed by atoms with van der Waals surface area (Å²) in [5.41, 5.74) is 2.53. The smallest absolute Gasteiger partial charge is 0.125 e. The van der Waals surface area contributed by atoms with E-state index < -0.39 is 0 Å². The van der Waals surface area contributed by atoms with Gasteiger partial charge < -0.3 is 0 Å². The summed E-state index contributed by atoms with van der Waals surface area (Å²) in [5.74, 6) is 0.763. The van der Waals surface area contributed by atoms with Crippen LogP contribution in [0.4, 0.5) is 0 Å². The Labute approximate surface area is 82.9 Å². The van der Waals surface area contributed by atoms with E-state index in [1.54, 1.807) is 12.4 Å². The molecular weight excluding hydrogens is 174 g/mol. The van der Waals surface area contributed by atoms with Crippen LogP contribution in [0.5, 0.6) is 0 Å². The minimum atomic E-state index is 0.753. The number of hydrogen-bond donors (Lipinski definition) is 0. The molecule has 0 aliphatic heterocycles. The first-order valence-corrected chi connectivity index (χ1v) is 4.34. The van der Waals surface area contributed by atoms with E-state index in [1.807, 2.05) is 25.1 Å². The normalized spacial score (nSPS) is 10.1. The lowest BCUT2D eigenvalue weighted by molar-refractivity contribution is 1.05. The Balaban J connectivity index is 2.44. The molecule has 0 N–H and O–H groups in total. The van der Waals surface area contributed by atoms with Gasteiger partial charge in [0.05, 0.1) is 5.69 Å². The quantitative estimate of drug-likeness (QED) is 0.680. The topological polar surface area (TPSA) is 38.7 Å². The van der Waals surface area contributed by atoms with Crippen molar-refractivity contribution in [1.82, 2.24) is 15.0 Å². The van der Waals surface area contributed by atoms with Gasteiger partial charge in [0.15, 0.2) is 0 Å². The van der Waals surface area contributed by atoms with Crippen LogP contribution in [0.15, 0.2) is 30.6 Å². The Bertz CT molecular complexity index is 435. The van der Waals surface area contributed by atoms with E-state index in [1.165, 1.54) is 0 Å². The molecule has 0 bridgehead atoms. The Morgan fingerprint density at radius 1 is 1.14 bits per heavy atom. The van der Waals surface area contributed by atoms with Crippen LogP contribution in [0.1, 0.15) is 11.5 Å². The van der Waals surface area contributed by atoms with E-state index in [2.05, 4.69) is 21.9 Å². The number of nitrogens with zero attached hydrogens (tertiary/aromatic N) is 3. The van der Waals surface area contributed by atoms with Gasteiger partial charge in [0.25, 0.3) is 0 Å². The average Bonchev–Trinajstić information content (AvgIpc) is 2.19. The molecule has 14 heavy (non-hydrogen) atoms. The molecule has 0 fully saturated rings. The number of rotatable bonds is 1. The van der Waals surface area contributed by atoms with Gasteiger partial charge in [-0.25, -0.2) is 9.97 Å². The third kappa shape index (κ3) is 1.76. The summed E-state index contributed by atoms with van der Waals surface area (Å²) in [7, 11) is 0. The van der Waals surface area contributed by atoms with Crippen LogP contribution in [0.3, 0.4) is 0 Å². The molecule has 0 spiro atoms. The predicted octanol–water partition coefficient (Wildman–Crippen LogP) is 2.03. The van der Waals surface area contributed by atoms with Gasteiger partial charge in [-0.2, -0.15) is 0 Å². The highest BCUT2D eigenvalue weighted by atomic mass is 14.9. The Hall–Kier alpha value is -1.77. The number of hydrogen-bond acceptors (Lipinski definition) is 3. The lowest BCUT2D eigenvalue weighted by Gasteiger charge is -2.00. The minimum Gasteiger partial charge on any atom is -0.253 e. The van der Waals surface area contributed by atoms with Crippen molar-refractivity contribution in [3.05, 3.63) is 49.0 Å². The summed E-state index contributed by atoms with van der Waals surface area (Å²) in [6.07, 6.45) is 3.54. The second kappa shape index (κ2) is 3.54. The van der Waals surface area contributed by atoms with Crippen molar-refractivity contribution in [2.45, 2.75) is 6.92 Å². The van der Waals surface area contributed by atoms with Gasteiger partial charge in [0.2, 0.25) is 0 Å². The van der Waals surface area contributed by atoms with Crippen molar-refractivity contribution < 1.29 is 0 Å². The first-order valence-electron chi connectivity index (χ1n) is 4.34. The van der Waals surface area contributed by atoms with E-state index in [0.717, 1.165) is 22.8 Å². The van der Waals surface area contributed by atoms with Crippen LogP contribution in [-0.4, -0.2) is 15.0 Å². The summed E-state index contributed by atoms with van der Waals surface area (Å²) >= 11 is 0. The third-order valence-electron chi connectivity index (χ3n) is 1.88. The molecule has 0 amide bonds. The van der Waals surface area contributed by atoms with Gasteiger partial charge >= 0.3 is 0 Å². The molecule has 3 nitrogen and oxygen atoms in total. The van der Waals surface area contributed by atoms with Gasteiger partial charge in [-0.05, 0) is 26.0 Å². The fourth-order valence-electron chi connectivity index (χ4n) is 1.17. The molecule has 1 radical (unpaired) electrons. The summed E-state index contributed by atoms with van der Waals surface area (Å²) in [6.45, 7) is 5.63. The van der Waals surface area contributed by atoms with E-state index in [-0.39, 0.29) is 0 Å². The van der Waals surface area contributed by atoms with Crippen molar-refractivity contribution >= 4 is 0 Å². The van der Waals surface area contributed by atoms with Crippen LogP contribution in [-0.2, 0) is 0 Å². The fraction of sp³-hybridized carbons (Fsp3) is 0.0909. The second-order valence-corrected chi connectivity index (χ2v) is 3.03. The second-order valence-electron chi connectivity index (χ2n) is 3.03. The van der Waals surface area contributed by atoms with E-state index in [0.29, 0.717) is 0 Å². The molecule has 69 valence electrons. The van der Waals surface area contributed by atoms with Crippen molar-refractivity contribution in [2.24, 2.45) is 0 Å². The Morgan fingerprint density at radius 3 is 2.50 bits per heavy atom. The maximum Gasteiger partial charge on any atom is 0.125 e. The molecule has 2 rings (SSSR count). The van der Waals surface area contributed by atoms with E-state index in [4.69, 9.17) is 0 Å². The van der Waals surface area contributed by atoms with Crippen LogP contribution in [0.25, 0.3) is 11.3 Å². The van der Waals surface area contributed by atoms with Gasteiger partial charge in [0.1, 0.15) is 5.82 Å². The molecule has 0 saturated carbocycles. The zero-order valence-corrected chi connectivity index (χ0v) is 7.94. The maximum atomic E-state index is 4.28. The molecule has 0 aliphatic rings. The standard InChI is InChI=1S/C11H10N3/c1-8-4-3-5-11(14-8)10-6-12-9(2)13-7-10/h3-7H,1H2,2H3. The number of aromatic nitrogens is 3. The molecule has 0 unspecified atom stereocenters. The van der Waals surface area contributed by atoms with Crippen LogP contribution in [0, 0.1) is 13.8 Å². The Morgan fingerprint density at radius 2 is 1.86 bits per heavy atom. The molecule has 0 aromatic carbocycles. The van der Waals surface area contributed by atoms with Gasteiger partial charge in [-0.15, -0.1) is 0 Å².